The van der Waals surface area contributed by atoms with Crippen molar-refractivity contribution in [3.63, 3.8) is 0 Å². The lowest BCUT2D eigenvalue weighted by molar-refractivity contribution is -0.136. The van der Waals surface area contributed by atoms with Gasteiger partial charge >= 0.3 is 5.97 Å². The molecule has 1 atom stereocenters. The summed E-state index contributed by atoms with van der Waals surface area (Å²) < 4.78 is 11.9. The second-order valence-electron chi connectivity index (χ2n) is 9.87. The lowest BCUT2D eigenvalue weighted by Gasteiger charge is -2.25. The van der Waals surface area contributed by atoms with Gasteiger partial charge in [0.1, 0.15) is 11.5 Å². The normalized spacial score (nSPS) is 17.5. The van der Waals surface area contributed by atoms with E-state index in [0.29, 0.717) is 18.6 Å². The molecule has 1 aliphatic heterocycles. The Kier molecular flexibility index (Phi) is 12.1. The second-order valence-corrected chi connectivity index (χ2v) is 9.87. The van der Waals surface area contributed by atoms with Gasteiger partial charge in [0.25, 0.3) is 0 Å². The highest BCUT2D eigenvalue weighted by Gasteiger charge is 2.19. The van der Waals surface area contributed by atoms with Gasteiger partial charge < -0.3 is 19.7 Å². The first-order valence-corrected chi connectivity index (χ1v) is 13.0. The Balaban J connectivity index is 1.87. The van der Waals surface area contributed by atoms with Crippen LogP contribution in [0.15, 0.2) is 41.0 Å². The van der Waals surface area contributed by atoms with E-state index in [1.165, 1.54) is 11.1 Å². The van der Waals surface area contributed by atoms with Gasteiger partial charge in [-0.15, -0.1) is 0 Å². The van der Waals surface area contributed by atoms with E-state index < -0.39 is 5.97 Å². The summed E-state index contributed by atoms with van der Waals surface area (Å²) in [5.41, 5.74) is 6.52. The van der Waals surface area contributed by atoms with Crippen LogP contribution in [0.5, 0.6) is 11.5 Å². The first kappa shape index (κ1) is 28.7. The molecule has 5 nitrogen and oxygen atoms in total. The zero-order chi connectivity index (χ0) is 25.8. The molecule has 0 saturated carbocycles. The van der Waals surface area contributed by atoms with E-state index in [1.54, 1.807) is 0 Å². The molecule has 1 aromatic carbocycles. The quantitative estimate of drug-likeness (QED) is 0.280. The van der Waals surface area contributed by atoms with E-state index in [4.69, 9.17) is 14.6 Å². The molecule has 194 valence electrons. The Hall–Kier alpha value is -2.53. The predicted molar refractivity (Wildman–Crippen MR) is 142 cm³/mol. The van der Waals surface area contributed by atoms with E-state index in [2.05, 4.69) is 32.1 Å². The molecule has 1 saturated heterocycles. The number of rotatable bonds is 13. The number of hydrogen-bond acceptors (Lipinski definition) is 4. The Morgan fingerprint density at radius 3 is 2.20 bits per heavy atom. The average molecular weight is 485 g/mol. The van der Waals surface area contributed by atoms with E-state index in [-0.39, 0.29) is 12.7 Å². The van der Waals surface area contributed by atoms with E-state index in [1.807, 2.05) is 26.8 Å². The number of allylic oxidation sites excluding steroid dienone is 6. The third-order valence-electron chi connectivity index (χ3n) is 6.76. The molecule has 0 amide bonds. The Morgan fingerprint density at radius 2 is 1.60 bits per heavy atom. The number of hydrogen-bond donors (Lipinski definition) is 2. The summed E-state index contributed by atoms with van der Waals surface area (Å²) in [6.07, 6.45) is 15.0. The molecule has 5 heteroatoms. The number of carboxylic acid groups (broad SMARTS) is 1. The van der Waals surface area contributed by atoms with Crippen LogP contribution in [0.1, 0.15) is 95.2 Å². The maximum atomic E-state index is 10.7. The van der Waals surface area contributed by atoms with Crippen LogP contribution in [0, 0.1) is 13.8 Å². The van der Waals surface area contributed by atoms with Crippen LogP contribution >= 0.6 is 0 Å². The molecule has 0 radical (unpaired) electrons. The van der Waals surface area contributed by atoms with Crippen molar-refractivity contribution >= 4 is 5.97 Å². The lowest BCUT2D eigenvalue weighted by Crippen LogP contribution is -2.25. The molecule has 1 fully saturated rings. The summed E-state index contributed by atoms with van der Waals surface area (Å²) in [6.45, 7) is 11.0. The standard InChI is InChI=1S/C30H44O5/c1-21(11-9-13-23(3)16-18-28(31)32)10-8-12-22(2)15-17-26-20-27(24(4)25(5)30(26)33)35-29-14-6-7-19-34-29/h10,13,15,20,29,33H,6-9,11-12,14,16-19H2,1-5H3,(H,31,32)/b21-10+,22-15-,23-13+. The molecule has 1 aromatic rings. The molecule has 2 N–H and O–H groups in total. The Labute approximate surface area is 211 Å². The van der Waals surface area contributed by atoms with Crippen molar-refractivity contribution in [3.8, 4) is 11.5 Å². The fourth-order valence-corrected chi connectivity index (χ4v) is 4.15. The minimum atomic E-state index is -0.743. The number of phenols is 1. The minimum absolute atomic E-state index is 0.198. The highest BCUT2D eigenvalue weighted by atomic mass is 16.7. The van der Waals surface area contributed by atoms with E-state index in [0.717, 1.165) is 79.6 Å². The van der Waals surface area contributed by atoms with E-state index >= 15 is 0 Å². The smallest absolute Gasteiger partial charge is 0.303 e. The maximum Gasteiger partial charge on any atom is 0.303 e. The molecule has 1 aliphatic rings. The summed E-state index contributed by atoms with van der Waals surface area (Å²) in [4.78, 5) is 10.7. The number of benzene rings is 1. The SMILES string of the molecule is C/C(=C/Cc1cc(OC2CCCCO2)c(C)c(C)c1O)CC/C=C(\C)CC/C=C(\C)CCC(=O)O. The number of carboxylic acids is 1. The summed E-state index contributed by atoms with van der Waals surface area (Å²) in [7, 11) is 0. The summed E-state index contributed by atoms with van der Waals surface area (Å²) >= 11 is 0. The molecular formula is C30H44O5. The van der Waals surface area contributed by atoms with Gasteiger partial charge in [-0.25, -0.2) is 0 Å². The fourth-order valence-electron chi connectivity index (χ4n) is 4.15. The lowest BCUT2D eigenvalue weighted by atomic mass is 9.99. The van der Waals surface area contributed by atoms with Crippen LogP contribution in [-0.4, -0.2) is 29.1 Å². The summed E-state index contributed by atoms with van der Waals surface area (Å²) in [5, 5.41) is 19.5. The van der Waals surface area contributed by atoms with Gasteiger partial charge in [0.15, 0.2) is 6.29 Å². The highest BCUT2D eigenvalue weighted by molar-refractivity contribution is 5.67. The monoisotopic (exact) mass is 484 g/mol. The Morgan fingerprint density at radius 1 is 0.971 bits per heavy atom. The van der Waals surface area contributed by atoms with Crippen LogP contribution in [0.25, 0.3) is 0 Å². The Bertz CT molecular complexity index is 933. The first-order valence-electron chi connectivity index (χ1n) is 13.0. The van der Waals surface area contributed by atoms with Gasteiger partial charge in [-0.2, -0.15) is 0 Å². The van der Waals surface area contributed by atoms with Crippen LogP contribution in [0.3, 0.4) is 0 Å². The molecule has 1 heterocycles. The zero-order valence-electron chi connectivity index (χ0n) is 22.3. The first-order chi connectivity index (χ1) is 16.7. The van der Waals surface area contributed by atoms with Crippen LogP contribution < -0.4 is 4.74 Å². The van der Waals surface area contributed by atoms with Gasteiger partial charge in [-0.3, -0.25) is 4.79 Å². The number of aromatic hydroxyl groups is 1. The molecule has 0 aromatic heterocycles. The predicted octanol–water partition coefficient (Wildman–Crippen LogP) is 7.72. The number of phenolic OH excluding ortho intramolecular Hbond substituents is 1. The number of ether oxygens (including phenoxy) is 2. The fraction of sp³-hybridized carbons (Fsp3) is 0.567. The van der Waals surface area contributed by atoms with Crippen LogP contribution in [0.4, 0.5) is 0 Å². The van der Waals surface area contributed by atoms with Crippen molar-refractivity contribution in [1.29, 1.82) is 0 Å². The summed E-state index contributed by atoms with van der Waals surface area (Å²) in [6, 6.07) is 1.97. The van der Waals surface area contributed by atoms with Crippen molar-refractivity contribution in [2.45, 2.75) is 105 Å². The van der Waals surface area contributed by atoms with Gasteiger partial charge in [-0.1, -0.05) is 34.9 Å². The third-order valence-corrected chi connectivity index (χ3v) is 6.76. The van der Waals surface area contributed by atoms with Gasteiger partial charge in [-0.05, 0) is 103 Å². The molecule has 0 bridgehead atoms. The van der Waals surface area contributed by atoms with E-state index in [9.17, 15) is 9.90 Å². The highest BCUT2D eigenvalue weighted by Crippen LogP contribution is 2.34. The van der Waals surface area contributed by atoms with Crippen LogP contribution in [0.2, 0.25) is 0 Å². The van der Waals surface area contributed by atoms with Gasteiger partial charge in [0.2, 0.25) is 0 Å². The topological polar surface area (TPSA) is 76.0 Å². The zero-order valence-corrected chi connectivity index (χ0v) is 22.3. The second kappa shape index (κ2) is 14.8. The van der Waals surface area contributed by atoms with Gasteiger partial charge in [0, 0.05) is 18.4 Å². The van der Waals surface area contributed by atoms with Crippen molar-refractivity contribution in [2.75, 3.05) is 6.61 Å². The molecule has 1 unspecified atom stereocenters. The van der Waals surface area contributed by atoms with Crippen molar-refractivity contribution in [2.24, 2.45) is 0 Å². The molecule has 0 aliphatic carbocycles. The number of aliphatic carboxylic acids is 1. The van der Waals surface area contributed by atoms with Crippen molar-refractivity contribution in [1.82, 2.24) is 0 Å². The minimum Gasteiger partial charge on any atom is -0.507 e. The average Bonchev–Trinajstić information content (AvgIpc) is 2.83. The molecule has 0 spiro atoms. The molecular weight excluding hydrogens is 440 g/mol. The van der Waals surface area contributed by atoms with Crippen molar-refractivity contribution < 1.29 is 24.5 Å². The number of carbonyl (C=O) groups is 1. The van der Waals surface area contributed by atoms with Crippen LogP contribution in [-0.2, 0) is 16.0 Å². The van der Waals surface area contributed by atoms with Gasteiger partial charge in [0.05, 0.1) is 6.61 Å². The van der Waals surface area contributed by atoms with Crippen molar-refractivity contribution in [3.05, 3.63) is 57.7 Å². The molecule has 35 heavy (non-hydrogen) atoms. The third kappa shape index (κ3) is 10.3. The summed E-state index contributed by atoms with van der Waals surface area (Å²) in [5.74, 6) is 0.415. The molecule has 2 rings (SSSR count). The largest absolute Gasteiger partial charge is 0.507 e. The maximum absolute atomic E-state index is 10.7.